The maximum atomic E-state index is 13.1. The molecule has 0 aromatic carbocycles. The number of carbonyl (C=O) groups is 1. The Kier molecular flexibility index (Phi) is 5.50. The molecule has 2 atom stereocenters. The van der Waals surface area contributed by atoms with Gasteiger partial charge < -0.3 is 9.84 Å². The van der Waals surface area contributed by atoms with Crippen LogP contribution in [0.2, 0.25) is 0 Å². The Morgan fingerprint density at radius 2 is 1.94 bits per heavy atom. The molecule has 0 aliphatic heterocycles. The van der Waals surface area contributed by atoms with E-state index in [1.165, 1.54) is 6.92 Å². The molecule has 18 heavy (non-hydrogen) atoms. The summed E-state index contributed by atoms with van der Waals surface area (Å²) in [5.74, 6) is -3.00. The monoisotopic (exact) mass is 264 g/mol. The Morgan fingerprint density at radius 1 is 1.39 bits per heavy atom. The smallest absolute Gasteiger partial charge is 0.317 e. The first kappa shape index (κ1) is 15.3. The Balaban J connectivity index is 2.84. The number of aliphatic hydroxyl groups is 1. The van der Waals surface area contributed by atoms with E-state index in [-0.39, 0.29) is 12.5 Å². The van der Waals surface area contributed by atoms with Crippen LogP contribution in [0, 0.1) is 11.8 Å². The number of carbonyl (C=O) groups excluding carboxylic acids is 1. The summed E-state index contributed by atoms with van der Waals surface area (Å²) in [4.78, 5) is 11.6. The zero-order valence-electron chi connectivity index (χ0n) is 11.0. The molecule has 1 aliphatic rings. The van der Waals surface area contributed by atoms with Crippen LogP contribution in [0.1, 0.15) is 46.0 Å². The van der Waals surface area contributed by atoms with Gasteiger partial charge in [-0.1, -0.05) is 19.3 Å². The topological polar surface area (TPSA) is 46.5 Å². The minimum atomic E-state index is -2.90. The normalized spacial score (nSPS) is 22.6. The lowest BCUT2D eigenvalue weighted by molar-refractivity contribution is -0.176. The van der Waals surface area contributed by atoms with Crippen molar-refractivity contribution in [1.29, 1.82) is 0 Å². The molecule has 3 nitrogen and oxygen atoms in total. The lowest BCUT2D eigenvalue weighted by Crippen LogP contribution is -2.50. The van der Waals surface area contributed by atoms with E-state index in [1.54, 1.807) is 6.92 Å². The number of halogens is 2. The van der Waals surface area contributed by atoms with Crippen LogP contribution in [0.3, 0.4) is 0 Å². The van der Waals surface area contributed by atoms with Gasteiger partial charge in [0.25, 0.3) is 6.43 Å². The summed E-state index contributed by atoms with van der Waals surface area (Å²) in [5.41, 5.74) is -1.69. The fourth-order valence-corrected chi connectivity index (χ4v) is 2.77. The first-order chi connectivity index (χ1) is 8.41. The molecule has 0 spiro atoms. The van der Waals surface area contributed by atoms with E-state index in [2.05, 4.69) is 4.74 Å². The minimum Gasteiger partial charge on any atom is -0.466 e. The molecular weight excluding hydrogens is 242 g/mol. The molecule has 106 valence electrons. The molecular formula is C13H22F2O3. The minimum absolute atomic E-state index is 0.0444. The largest absolute Gasteiger partial charge is 0.466 e. The maximum absolute atomic E-state index is 13.1. The van der Waals surface area contributed by atoms with Crippen molar-refractivity contribution in [3.63, 3.8) is 0 Å². The number of hydrogen-bond acceptors (Lipinski definition) is 3. The molecule has 1 saturated carbocycles. The third-order valence-electron chi connectivity index (χ3n) is 3.85. The molecule has 0 aromatic heterocycles. The van der Waals surface area contributed by atoms with E-state index in [0.717, 1.165) is 19.3 Å². The second kappa shape index (κ2) is 6.45. The van der Waals surface area contributed by atoms with Crippen molar-refractivity contribution >= 4 is 5.97 Å². The Labute approximate surface area is 107 Å². The molecule has 0 bridgehead atoms. The lowest BCUT2D eigenvalue weighted by atomic mass is 9.71. The van der Waals surface area contributed by atoms with Gasteiger partial charge in [0.15, 0.2) is 0 Å². The third kappa shape index (κ3) is 3.40. The van der Waals surface area contributed by atoms with Gasteiger partial charge >= 0.3 is 5.97 Å². The summed E-state index contributed by atoms with van der Waals surface area (Å²) in [5, 5.41) is 10.4. The van der Waals surface area contributed by atoms with Crippen molar-refractivity contribution in [2.75, 3.05) is 6.61 Å². The number of alkyl halides is 2. The van der Waals surface area contributed by atoms with Gasteiger partial charge in [0.2, 0.25) is 0 Å². The zero-order chi connectivity index (χ0) is 13.8. The van der Waals surface area contributed by atoms with Crippen molar-refractivity contribution < 1.29 is 23.4 Å². The van der Waals surface area contributed by atoms with Crippen molar-refractivity contribution in [3.8, 4) is 0 Å². The summed E-state index contributed by atoms with van der Waals surface area (Å²) in [7, 11) is 0. The number of esters is 1. The molecule has 1 N–H and O–H groups in total. The summed E-state index contributed by atoms with van der Waals surface area (Å²) < 4.78 is 30.8. The SMILES string of the molecule is CCOC(=O)C(C(F)F)C(C)(O)C1CCCCC1. The van der Waals surface area contributed by atoms with Crippen LogP contribution in [0.5, 0.6) is 0 Å². The molecule has 1 aliphatic carbocycles. The Bertz CT molecular complexity index is 273. The van der Waals surface area contributed by atoms with Gasteiger partial charge in [0.05, 0.1) is 12.2 Å². The summed E-state index contributed by atoms with van der Waals surface area (Å²) in [6, 6.07) is 0. The van der Waals surface area contributed by atoms with E-state index in [0.29, 0.717) is 12.8 Å². The van der Waals surface area contributed by atoms with Gasteiger partial charge in [-0.05, 0) is 32.6 Å². The van der Waals surface area contributed by atoms with Crippen molar-refractivity contribution in [2.24, 2.45) is 11.8 Å². The molecule has 0 heterocycles. The maximum Gasteiger partial charge on any atom is 0.317 e. The second-order valence-corrected chi connectivity index (χ2v) is 5.12. The molecule has 0 aromatic rings. The molecule has 2 unspecified atom stereocenters. The Morgan fingerprint density at radius 3 is 2.39 bits per heavy atom. The van der Waals surface area contributed by atoms with Crippen LogP contribution in [-0.4, -0.2) is 29.7 Å². The average molecular weight is 264 g/mol. The van der Waals surface area contributed by atoms with Crippen LogP contribution in [0.25, 0.3) is 0 Å². The average Bonchev–Trinajstić information content (AvgIpc) is 2.29. The molecule has 0 saturated heterocycles. The number of rotatable bonds is 5. The van der Waals surface area contributed by atoms with Gasteiger partial charge in [0.1, 0.15) is 5.92 Å². The predicted octanol–water partition coefficient (Wildman–Crippen LogP) is 2.76. The molecule has 1 fully saturated rings. The van der Waals surface area contributed by atoms with Crippen LogP contribution < -0.4 is 0 Å². The van der Waals surface area contributed by atoms with Crippen molar-refractivity contribution in [2.45, 2.75) is 58.0 Å². The van der Waals surface area contributed by atoms with E-state index in [9.17, 15) is 18.7 Å². The van der Waals surface area contributed by atoms with E-state index >= 15 is 0 Å². The first-order valence-electron chi connectivity index (χ1n) is 6.58. The van der Waals surface area contributed by atoms with E-state index in [1.807, 2.05) is 0 Å². The van der Waals surface area contributed by atoms with Gasteiger partial charge in [0, 0.05) is 0 Å². The highest BCUT2D eigenvalue weighted by Gasteiger charge is 2.49. The second-order valence-electron chi connectivity index (χ2n) is 5.12. The number of hydrogen-bond donors (Lipinski definition) is 1. The van der Waals surface area contributed by atoms with Crippen LogP contribution in [-0.2, 0) is 9.53 Å². The highest BCUT2D eigenvalue weighted by Crippen LogP contribution is 2.39. The lowest BCUT2D eigenvalue weighted by Gasteiger charge is -2.39. The third-order valence-corrected chi connectivity index (χ3v) is 3.85. The van der Waals surface area contributed by atoms with Crippen LogP contribution in [0.4, 0.5) is 8.78 Å². The van der Waals surface area contributed by atoms with Crippen molar-refractivity contribution in [1.82, 2.24) is 0 Å². The molecule has 5 heteroatoms. The number of ether oxygens (including phenoxy) is 1. The van der Waals surface area contributed by atoms with Gasteiger partial charge in [-0.3, -0.25) is 4.79 Å². The Hall–Kier alpha value is -0.710. The first-order valence-corrected chi connectivity index (χ1v) is 6.58. The summed E-state index contributed by atoms with van der Waals surface area (Å²) in [6.07, 6.45) is 1.37. The standard InChI is InChI=1S/C13H22F2O3/c1-3-18-12(16)10(11(14)15)13(2,17)9-7-5-4-6-8-9/h9-11,17H,3-8H2,1-2H3. The van der Waals surface area contributed by atoms with Crippen LogP contribution >= 0.6 is 0 Å². The van der Waals surface area contributed by atoms with Gasteiger partial charge in [-0.15, -0.1) is 0 Å². The highest BCUT2D eigenvalue weighted by atomic mass is 19.3. The van der Waals surface area contributed by atoms with Gasteiger partial charge in [-0.2, -0.15) is 0 Å². The highest BCUT2D eigenvalue weighted by molar-refractivity contribution is 5.74. The zero-order valence-corrected chi connectivity index (χ0v) is 11.0. The predicted molar refractivity (Wildman–Crippen MR) is 63.3 cm³/mol. The van der Waals surface area contributed by atoms with E-state index < -0.39 is 23.9 Å². The van der Waals surface area contributed by atoms with Crippen molar-refractivity contribution in [3.05, 3.63) is 0 Å². The summed E-state index contributed by atoms with van der Waals surface area (Å²) >= 11 is 0. The molecule has 0 radical (unpaired) electrons. The van der Waals surface area contributed by atoms with Crippen LogP contribution in [0.15, 0.2) is 0 Å². The fraction of sp³-hybridized carbons (Fsp3) is 0.923. The van der Waals surface area contributed by atoms with Gasteiger partial charge in [-0.25, -0.2) is 8.78 Å². The van der Waals surface area contributed by atoms with E-state index in [4.69, 9.17) is 0 Å². The quantitative estimate of drug-likeness (QED) is 0.777. The summed E-state index contributed by atoms with van der Waals surface area (Å²) in [6.45, 7) is 2.95. The molecule has 1 rings (SSSR count). The fourth-order valence-electron chi connectivity index (χ4n) is 2.77. The molecule has 0 amide bonds.